The maximum absolute atomic E-state index is 12.5. The Morgan fingerprint density at radius 3 is 2.54 bits per heavy atom. The highest BCUT2D eigenvalue weighted by molar-refractivity contribution is 5.95. The van der Waals surface area contributed by atoms with Gasteiger partial charge >= 0.3 is 5.97 Å². The smallest absolute Gasteiger partial charge is 0.338 e. The molecule has 0 spiro atoms. The Bertz CT molecular complexity index is 958. The fraction of sp³-hybridized carbons (Fsp3) is 0.524. The number of esters is 1. The highest BCUT2D eigenvalue weighted by Gasteiger charge is 2.19. The summed E-state index contributed by atoms with van der Waals surface area (Å²) in [6.07, 6.45) is 7.16. The number of hydrogen-bond acceptors (Lipinski definition) is 5. The van der Waals surface area contributed by atoms with Crippen LogP contribution in [0.1, 0.15) is 54.7 Å². The number of ether oxygens (including phenoxy) is 1. The van der Waals surface area contributed by atoms with Gasteiger partial charge in [0.15, 0.2) is 6.61 Å². The van der Waals surface area contributed by atoms with Crippen molar-refractivity contribution in [1.82, 2.24) is 14.5 Å². The summed E-state index contributed by atoms with van der Waals surface area (Å²) < 4.78 is 6.94. The van der Waals surface area contributed by atoms with E-state index in [4.69, 9.17) is 4.74 Å². The van der Waals surface area contributed by atoms with Crippen LogP contribution >= 0.6 is 0 Å². The lowest BCUT2D eigenvalue weighted by atomic mass is 10.1. The van der Waals surface area contributed by atoms with E-state index in [0.29, 0.717) is 23.0 Å². The van der Waals surface area contributed by atoms with Gasteiger partial charge < -0.3 is 9.64 Å². The highest BCUT2D eigenvalue weighted by atomic mass is 16.5. The molecule has 1 saturated heterocycles. The third-order valence-corrected chi connectivity index (χ3v) is 5.59. The van der Waals surface area contributed by atoms with E-state index >= 15 is 0 Å². The second-order valence-corrected chi connectivity index (χ2v) is 7.54. The molecule has 0 saturated carbocycles. The predicted molar refractivity (Wildman–Crippen MR) is 104 cm³/mol. The van der Waals surface area contributed by atoms with Gasteiger partial charge in [-0.2, -0.15) is 0 Å². The first-order valence-electron chi connectivity index (χ1n) is 10.1. The van der Waals surface area contributed by atoms with Crippen LogP contribution in [0.25, 0.3) is 10.9 Å². The largest absolute Gasteiger partial charge is 0.452 e. The molecule has 2 aliphatic rings. The molecule has 28 heavy (non-hydrogen) atoms. The summed E-state index contributed by atoms with van der Waals surface area (Å²) in [6, 6.07) is 4.77. The third-order valence-electron chi connectivity index (χ3n) is 5.59. The molecule has 0 radical (unpaired) electrons. The van der Waals surface area contributed by atoms with Gasteiger partial charge in [0.05, 0.1) is 16.5 Å². The van der Waals surface area contributed by atoms with E-state index in [2.05, 4.69) is 4.98 Å². The molecule has 3 heterocycles. The molecule has 0 bridgehead atoms. The lowest BCUT2D eigenvalue weighted by Gasteiger charge is -2.24. The number of benzene rings is 1. The van der Waals surface area contributed by atoms with Crippen molar-refractivity contribution < 1.29 is 14.3 Å². The Kier molecular flexibility index (Phi) is 5.41. The zero-order chi connectivity index (χ0) is 19.5. The quantitative estimate of drug-likeness (QED) is 0.760. The zero-order valence-corrected chi connectivity index (χ0v) is 16.0. The summed E-state index contributed by atoms with van der Waals surface area (Å²) in [5.41, 5.74) is 0.746. The van der Waals surface area contributed by atoms with Crippen LogP contribution in [0, 0.1) is 0 Å². The van der Waals surface area contributed by atoms with Crippen molar-refractivity contribution in [2.24, 2.45) is 0 Å². The summed E-state index contributed by atoms with van der Waals surface area (Å²) >= 11 is 0. The van der Waals surface area contributed by atoms with Crippen LogP contribution in [-0.4, -0.2) is 46.0 Å². The fourth-order valence-corrected chi connectivity index (χ4v) is 4.01. The number of rotatable bonds is 3. The minimum absolute atomic E-state index is 0.0651. The van der Waals surface area contributed by atoms with Crippen molar-refractivity contribution in [3.05, 3.63) is 39.9 Å². The van der Waals surface area contributed by atoms with Crippen molar-refractivity contribution in [2.45, 2.75) is 51.5 Å². The van der Waals surface area contributed by atoms with Crippen LogP contribution in [0.15, 0.2) is 23.0 Å². The molecule has 1 amide bonds. The van der Waals surface area contributed by atoms with Crippen LogP contribution in [0.5, 0.6) is 0 Å². The molecule has 1 aromatic carbocycles. The number of nitrogens with zero attached hydrogens (tertiary/aromatic N) is 3. The molecule has 7 heteroatoms. The first-order valence-corrected chi connectivity index (χ1v) is 10.1. The van der Waals surface area contributed by atoms with Gasteiger partial charge in [-0.3, -0.25) is 14.2 Å². The standard InChI is InChI=1S/C21H25N3O4/c25-19(23-10-4-2-1-3-5-11-23)14-28-21(27)15-8-9-16-17(13-15)22-18-7-6-12-24(18)20(16)26/h8-9,13H,1-7,10-12,14H2. The number of aromatic nitrogens is 2. The zero-order valence-electron chi connectivity index (χ0n) is 16.0. The number of fused-ring (bicyclic) bond motifs is 2. The van der Waals surface area contributed by atoms with Gasteiger partial charge in [0.2, 0.25) is 0 Å². The van der Waals surface area contributed by atoms with Gasteiger partial charge in [0.1, 0.15) is 5.82 Å². The van der Waals surface area contributed by atoms with Crippen molar-refractivity contribution in [3.63, 3.8) is 0 Å². The molecule has 4 rings (SSSR count). The Balaban J connectivity index is 1.44. The monoisotopic (exact) mass is 383 g/mol. The predicted octanol–water partition coefficient (Wildman–Crippen LogP) is 2.29. The maximum Gasteiger partial charge on any atom is 0.338 e. The molecule has 0 aliphatic carbocycles. The van der Waals surface area contributed by atoms with Crippen molar-refractivity contribution in [2.75, 3.05) is 19.7 Å². The lowest BCUT2D eigenvalue weighted by molar-refractivity contribution is -0.134. The second kappa shape index (κ2) is 8.12. The summed E-state index contributed by atoms with van der Waals surface area (Å²) in [6.45, 7) is 1.90. The maximum atomic E-state index is 12.5. The number of hydrogen-bond donors (Lipinski definition) is 0. The van der Waals surface area contributed by atoms with Crippen LogP contribution in [0.3, 0.4) is 0 Å². The molecule has 2 aliphatic heterocycles. The molecule has 0 atom stereocenters. The van der Waals surface area contributed by atoms with Crippen LogP contribution in [0.4, 0.5) is 0 Å². The minimum Gasteiger partial charge on any atom is -0.452 e. The lowest BCUT2D eigenvalue weighted by Crippen LogP contribution is -2.36. The highest BCUT2D eigenvalue weighted by Crippen LogP contribution is 2.17. The van der Waals surface area contributed by atoms with Crippen LogP contribution in [-0.2, 0) is 22.5 Å². The fourth-order valence-electron chi connectivity index (χ4n) is 4.01. The summed E-state index contributed by atoms with van der Waals surface area (Å²) in [5, 5.41) is 0.499. The molecule has 1 fully saturated rings. The molecule has 2 aromatic rings. The van der Waals surface area contributed by atoms with Gasteiger partial charge in [-0.05, 0) is 37.5 Å². The van der Waals surface area contributed by atoms with E-state index in [9.17, 15) is 14.4 Å². The van der Waals surface area contributed by atoms with E-state index < -0.39 is 5.97 Å². The number of carbonyl (C=O) groups excluding carboxylic acids is 2. The van der Waals surface area contributed by atoms with Crippen molar-refractivity contribution in [3.8, 4) is 0 Å². The molecular weight excluding hydrogens is 358 g/mol. The van der Waals surface area contributed by atoms with Crippen LogP contribution < -0.4 is 5.56 Å². The Morgan fingerprint density at radius 1 is 1.00 bits per heavy atom. The Hall–Kier alpha value is -2.70. The SMILES string of the molecule is O=C(OCC(=O)N1CCCCCCC1)c1ccc2c(=O)n3c(nc2c1)CCC3. The Labute approximate surface area is 163 Å². The van der Waals surface area contributed by atoms with Crippen molar-refractivity contribution in [1.29, 1.82) is 0 Å². The summed E-state index contributed by atoms with van der Waals surface area (Å²) in [5.74, 6) is 0.0465. The Morgan fingerprint density at radius 2 is 1.75 bits per heavy atom. The molecule has 1 aromatic heterocycles. The molecule has 7 nitrogen and oxygen atoms in total. The minimum atomic E-state index is -0.565. The molecule has 0 N–H and O–H groups in total. The van der Waals surface area contributed by atoms with E-state index in [1.165, 1.54) is 6.42 Å². The number of carbonyl (C=O) groups is 2. The number of aryl methyl sites for hydroxylation is 1. The number of amides is 1. The topological polar surface area (TPSA) is 81.5 Å². The third kappa shape index (κ3) is 3.79. The second-order valence-electron chi connectivity index (χ2n) is 7.54. The normalized spacial score (nSPS) is 17.1. The van der Waals surface area contributed by atoms with Gasteiger partial charge in [0, 0.05) is 26.1 Å². The van der Waals surface area contributed by atoms with Gasteiger partial charge in [-0.1, -0.05) is 19.3 Å². The van der Waals surface area contributed by atoms with E-state index in [1.54, 1.807) is 27.7 Å². The average Bonchev–Trinajstić information content (AvgIpc) is 3.14. The molecule has 0 unspecified atom stereocenters. The molecular formula is C21H25N3O4. The van der Waals surface area contributed by atoms with Gasteiger partial charge in [-0.25, -0.2) is 9.78 Å². The average molecular weight is 383 g/mol. The van der Waals surface area contributed by atoms with Gasteiger partial charge in [-0.15, -0.1) is 0 Å². The first-order chi connectivity index (χ1) is 13.6. The molecule has 148 valence electrons. The number of likely N-dealkylation sites (tertiary alicyclic amines) is 1. The van der Waals surface area contributed by atoms with Crippen molar-refractivity contribution >= 4 is 22.8 Å². The van der Waals surface area contributed by atoms with E-state index in [-0.39, 0.29) is 18.1 Å². The summed E-state index contributed by atoms with van der Waals surface area (Å²) in [4.78, 5) is 43.6. The van der Waals surface area contributed by atoms with E-state index in [0.717, 1.165) is 57.4 Å². The summed E-state index contributed by atoms with van der Waals surface area (Å²) in [7, 11) is 0. The van der Waals surface area contributed by atoms with Crippen LogP contribution in [0.2, 0.25) is 0 Å². The first kappa shape index (κ1) is 18.7. The van der Waals surface area contributed by atoms with E-state index in [1.807, 2.05) is 0 Å². The van der Waals surface area contributed by atoms with Gasteiger partial charge in [0.25, 0.3) is 11.5 Å².